The maximum Gasteiger partial charge on any atom is 0.273 e. The molecule has 0 fully saturated rings. The number of primary amides is 1. The highest BCUT2D eigenvalue weighted by atomic mass is 79.9. The van der Waals surface area contributed by atoms with Gasteiger partial charge in [-0.2, -0.15) is 0 Å². The van der Waals surface area contributed by atoms with Crippen LogP contribution < -0.4 is 5.73 Å². The zero-order valence-corrected chi connectivity index (χ0v) is 14.9. The smallest absolute Gasteiger partial charge is 0.273 e. The van der Waals surface area contributed by atoms with E-state index >= 15 is 0 Å². The molecular formula is C19H16BrN3O2. The molecule has 0 bridgehead atoms. The first kappa shape index (κ1) is 17.1. The molecule has 2 amide bonds. The number of carbonyl (C=O) groups is 2. The van der Waals surface area contributed by atoms with Gasteiger partial charge in [-0.3, -0.25) is 9.59 Å². The summed E-state index contributed by atoms with van der Waals surface area (Å²) in [4.78, 5) is 30.1. The maximum atomic E-state index is 12.8. The Balaban J connectivity index is 1.89. The van der Waals surface area contributed by atoms with E-state index in [9.17, 15) is 9.59 Å². The van der Waals surface area contributed by atoms with Crippen LogP contribution in [0.4, 0.5) is 0 Å². The van der Waals surface area contributed by atoms with Crippen molar-refractivity contribution in [3.63, 3.8) is 0 Å². The van der Waals surface area contributed by atoms with Crippen LogP contribution in [0.5, 0.6) is 0 Å². The van der Waals surface area contributed by atoms with Gasteiger partial charge in [-0.1, -0.05) is 52.3 Å². The fourth-order valence-corrected chi connectivity index (χ4v) is 2.81. The second-order valence-electron chi connectivity index (χ2n) is 5.64. The highest BCUT2D eigenvalue weighted by molar-refractivity contribution is 9.10. The zero-order chi connectivity index (χ0) is 17.8. The Morgan fingerprint density at radius 1 is 1.00 bits per heavy atom. The van der Waals surface area contributed by atoms with Gasteiger partial charge in [-0.15, -0.1) is 0 Å². The Kier molecular flexibility index (Phi) is 5.09. The minimum absolute atomic E-state index is 0.163. The van der Waals surface area contributed by atoms with Gasteiger partial charge in [0, 0.05) is 16.4 Å². The molecule has 0 atom stereocenters. The number of amides is 2. The fraction of sp³-hybridized carbons (Fsp3) is 0.105. The lowest BCUT2D eigenvalue weighted by Crippen LogP contribution is -2.38. The number of para-hydroxylation sites is 1. The third kappa shape index (κ3) is 4.22. The number of aromatic nitrogens is 1. The first-order chi connectivity index (χ1) is 12.0. The minimum Gasteiger partial charge on any atom is -0.368 e. The molecule has 0 saturated heterocycles. The van der Waals surface area contributed by atoms with E-state index < -0.39 is 5.91 Å². The SMILES string of the molecule is NC(=O)CN(Cc1ccc(Br)cc1)C(=O)c1ccc2ccccc2n1. The largest absolute Gasteiger partial charge is 0.368 e. The molecule has 0 spiro atoms. The van der Waals surface area contributed by atoms with Crippen LogP contribution in [0, 0.1) is 0 Å². The highest BCUT2D eigenvalue weighted by Gasteiger charge is 2.19. The molecule has 25 heavy (non-hydrogen) atoms. The quantitative estimate of drug-likeness (QED) is 0.718. The Bertz CT molecular complexity index is 925. The first-order valence-corrected chi connectivity index (χ1v) is 8.50. The van der Waals surface area contributed by atoms with Crippen molar-refractivity contribution in [2.24, 2.45) is 5.73 Å². The number of nitrogens with zero attached hydrogens (tertiary/aromatic N) is 2. The number of nitrogens with two attached hydrogens (primary N) is 1. The Hall–Kier alpha value is -2.73. The van der Waals surface area contributed by atoms with Gasteiger partial charge in [0.25, 0.3) is 5.91 Å². The highest BCUT2D eigenvalue weighted by Crippen LogP contribution is 2.16. The van der Waals surface area contributed by atoms with Crippen LogP contribution in [0.2, 0.25) is 0 Å². The van der Waals surface area contributed by atoms with E-state index in [4.69, 9.17) is 5.73 Å². The van der Waals surface area contributed by atoms with Crippen molar-refractivity contribution >= 4 is 38.6 Å². The average Bonchev–Trinajstić information content (AvgIpc) is 2.61. The third-order valence-electron chi connectivity index (χ3n) is 3.74. The predicted molar refractivity (Wildman–Crippen MR) is 99.8 cm³/mol. The van der Waals surface area contributed by atoms with Gasteiger partial charge >= 0.3 is 0 Å². The third-order valence-corrected chi connectivity index (χ3v) is 4.27. The standard InChI is InChI=1S/C19H16BrN3O2/c20-15-8-5-13(6-9-15)11-23(12-18(21)24)19(25)17-10-7-14-3-1-2-4-16(14)22-17/h1-10H,11-12H2,(H2,21,24). The van der Waals surface area contributed by atoms with Gasteiger partial charge in [0.1, 0.15) is 12.2 Å². The van der Waals surface area contributed by atoms with Crippen molar-refractivity contribution in [2.45, 2.75) is 6.54 Å². The molecule has 0 unspecified atom stereocenters. The summed E-state index contributed by atoms with van der Waals surface area (Å²) in [6.07, 6.45) is 0. The lowest BCUT2D eigenvalue weighted by molar-refractivity contribution is -0.118. The van der Waals surface area contributed by atoms with E-state index in [2.05, 4.69) is 20.9 Å². The molecule has 126 valence electrons. The first-order valence-electron chi connectivity index (χ1n) is 7.71. The summed E-state index contributed by atoms with van der Waals surface area (Å²) in [6.45, 7) is 0.118. The van der Waals surface area contributed by atoms with Gasteiger partial charge in [0.05, 0.1) is 5.52 Å². The molecule has 0 aliphatic heterocycles. The topological polar surface area (TPSA) is 76.3 Å². The molecule has 5 nitrogen and oxygen atoms in total. The van der Waals surface area contributed by atoms with Gasteiger partial charge < -0.3 is 10.6 Å². The van der Waals surface area contributed by atoms with Crippen LogP contribution >= 0.6 is 15.9 Å². The predicted octanol–water partition coefficient (Wildman–Crippen LogP) is 3.13. The van der Waals surface area contributed by atoms with Gasteiger partial charge in [-0.25, -0.2) is 4.98 Å². The number of carbonyl (C=O) groups excluding carboxylic acids is 2. The van der Waals surface area contributed by atoms with E-state index in [1.54, 1.807) is 6.07 Å². The van der Waals surface area contributed by atoms with E-state index in [1.807, 2.05) is 54.6 Å². The molecule has 2 aromatic carbocycles. The van der Waals surface area contributed by atoms with E-state index in [0.717, 1.165) is 20.9 Å². The molecule has 6 heteroatoms. The molecule has 0 radical (unpaired) electrons. The minimum atomic E-state index is -0.564. The summed E-state index contributed by atoms with van der Waals surface area (Å²) >= 11 is 3.38. The number of benzene rings is 2. The van der Waals surface area contributed by atoms with Crippen molar-refractivity contribution in [1.82, 2.24) is 9.88 Å². The lowest BCUT2D eigenvalue weighted by Gasteiger charge is -2.21. The van der Waals surface area contributed by atoms with Crippen LogP contribution in [0.25, 0.3) is 10.9 Å². The molecule has 0 aliphatic rings. The van der Waals surface area contributed by atoms with Crippen molar-refractivity contribution in [2.75, 3.05) is 6.54 Å². The molecule has 1 aromatic heterocycles. The zero-order valence-electron chi connectivity index (χ0n) is 13.4. The lowest BCUT2D eigenvalue weighted by atomic mass is 10.1. The Morgan fingerprint density at radius 2 is 1.72 bits per heavy atom. The summed E-state index contributed by atoms with van der Waals surface area (Å²) in [5.74, 6) is -0.890. The van der Waals surface area contributed by atoms with Crippen LogP contribution in [-0.2, 0) is 11.3 Å². The number of fused-ring (bicyclic) bond motifs is 1. The molecule has 2 N–H and O–H groups in total. The van der Waals surface area contributed by atoms with Crippen LogP contribution in [-0.4, -0.2) is 28.2 Å². The van der Waals surface area contributed by atoms with Crippen LogP contribution in [0.15, 0.2) is 65.1 Å². The molecule has 3 aromatic rings. The van der Waals surface area contributed by atoms with Gasteiger partial charge in [0.15, 0.2) is 0 Å². The Morgan fingerprint density at radius 3 is 2.44 bits per heavy atom. The molecular weight excluding hydrogens is 382 g/mol. The van der Waals surface area contributed by atoms with Crippen molar-refractivity contribution < 1.29 is 9.59 Å². The molecule has 1 heterocycles. The second kappa shape index (κ2) is 7.44. The monoisotopic (exact) mass is 397 g/mol. The van der Waals surface area contributed by atoms with Crippen molar-refractivity contribution in [3.05, 3.63) is 76.4 Å². The number of hydrogen-bond acceptors (Lipinski definition) is 3. The maximum absolute atomic E-state index is 12.8. The summed E-state index contributed by atoms with van der Waals surface area (Å²) in [5.41, 5.74) is 7.24. The number of pyridine rings is 1. The summed E-state index contributed by atoms with van der Waals surface area (Å²) < 4.78 is 0.945. The van der Waals surface area contributed by atoms with E-state index in [-0.39, 0.29) is 24.7 Å². The summed E-state index contributed by atoms with van der Waals surface area (Å²) in [6, 6.07) is 18.6. The second-order valence-corrected chi connectivity index (χ2v) is 6.56. The van der Waals surface area contributed by atoms with Gasteiger partial charge in [0.2, 0.25) is 5.91 Å². The van der Waals surface area contributed by atoms with Crippen LogP contribution in [0.3, 0.4) is 0 Å². The van der Waals surface area contributed by atoms with Crippen LogP contribution in [0.1, 0.15) is 16.1 Å². The fourth-order valence-electron chi connectivity index (χ4n) is 2.54. The molecule has 3 rings (SSSR count). The number of hydrogen-bond donors (Lipinski definition) is 1. The Labute approximate surface area is 153 Å². The number of rotatable bonds is 5. The average molecular weight is 398 g/mol. The normalized spacial score (nSPS) is 10.6. The van der Waals surface area contributed by atoms with Crippen molar-refractivity contribution in [3.8, 4) is 0 Å². The number of halogens is 1. The van der Waals surface area contributed by atoms with E-state index in [0.29, 0.717) is 0 Å². The molecule has 0 aliphatic carbocycles. The van der Waals surface area contributed by atoms with Gasteiger partial charge in [-0.05, 0) is 29.8 Å². The summed E-state index contributed by atoms with van der Waals surface area (Å²) in [5, 5.41) is 0.952. The summed E-state index contributed by atoms with van der Waals surface area (Å²) in [7, 11) is 0. The van der Waals surface area contributed by atoms with Crippen molar-refractivity contribution in [1.29, 1.82) is 0 Å². The van der Waals surface area contributed by atoms with E-state index in [1.165, 1.54) is 4.90 Å². The molecule has 0 saturated carbocycles.